The summed E-state index contributed by atoms with van der Waals surface area (Å²) in [5.41, 5.74) is 5.68. The van der Waals surface area contributed by atoms with Gasteiger partial charge < -0.3 is 10.5 Å². The van der Waals surface area contributed by atoms with Crippen LogP contribution >= 0.6 is 0 Å². The Morgan fingerprint density at radius 1 is 1.19 bits per heavy atom. The largest absolute Gasteiger partial charge is 0.383 e. The molecule has 0 atom stereocenters. The number of rotatable bonds is 7. The van der Waals surface area contributed by atoms with E-state index in [9.17, 15) is 0 Å². The van der Waals surface area contributed by atoms with E-state index in [1.54, 1.807) is 7.11 Å². The van der Waals surface area contributed by atoms with Crippen LogP contribution in [0.5, 0.6) is 0 Å². The van der Waals surface area contributed by atoms with Crippen molar-refractivity contribution in [3.63, 3.8) is 0 Å². The van der Waals surface area contributed by atoms with Crippen molar-refractivity contribution in [2.75, 3.05) is 33.4 Å². The summed E-state index contributed by atoms with van der Waals surface area (Å²) in [7, 11) is 1.77. The molecule has 0 aromatic heterocycles. The van der Waals surface area contributed by atoms with Crippen molar-refractivity contribution < 1.29 is 4.74 Å². The first-order valence-electron chi connectivity index (χ1n) is 6.74. The molecule has 2 N–H and O–H groups in total. The molecule has 0 aromatic carbocycles. The fraction of sp³-hybridized carbons (Fsp3) is 1.00. The predicted octanol–water partition coefficient (Wildman–Crippen LogP) is 1.86. The van der Waals surface area contributed by atoms with E-state index in [2.05, 4.69) is 11.8 Å². The first-order valence-corrected chi connectivity index (χ1v) is 6.74. The maximum Gasteiger partial charge on any atom is 0.0589 e. The maximum atomic E-state index is 5.68. The van der Waals surface area contributed by atoms with E-state index in [1.165, 1.54) is 32.1 Å². The number of methoxy groups -OCH3 is 1. The smallest absolute Gasteiger partial charge is 0.0589 e. The van der Waals surface area contributed by atoms with E-state index in [0.29, 0.717) is 0 Å². The Kier molecular flexibility index (Phi) is 7.01. The maximum absolute atomic E-state index is 5.68. The van der Waals surface area contributed by atoms with Crippen molar-refractivity contribution in [2.45, 2.75) is 45.1 Å². The van der Waals surface area contributed by atoms with Crippen LogP contribution in [0, 0.1) is 5.92 Å². The van der Waals surface area contributed by atoms with Gasteiger partial charge in [0.25, 0.3) is 0 Å². The second-order valence-corrected chi connectivity index (χ2v) is 4.90. The summed E-state index contributed by atoms with van der Waals surface area (Å²) in [6.45, 7) is 5.96. The molecule has 0 heterocycles. The fourth-order valence-electron chi connectivity index (χ4n) is 2.77. The Labute approximate surface area is 100 Å². The van der Waals surface area contributed by atoms with Gasteiger partial charge in [-0.15, -0.1) is 0 Å². The van der Waals surface area contributed by atoms with Crippen LogP contribution in [0.2, 0.25) is 0 Å². The normalized spacial score (nSPS) is 26.2. The molecular weight excluding hydrogens is 200 g/mol. The van der Waals surface area contributed by atoms with Gasteiger partial charge in [-0.2, -0.15) is 0 Å². The van der Waals surface area contributed by atoms with Gasteiger partial charge in [-0.3, -0.25) is 4.90 Å². The Bertz CT molecular complexity index is 167. The third-order valence-electron chi connectivity index (χ3n) is 3.91. The minimum atomic E-state index is 0.751. The quantitative estimate of drug-likeness (QED) is 0.723. The highest BCUT2D eigenvalue weighted by atomic mass is 16.5. The van der Waals surface area contributed by atoms with Gasteiger partial charge in [-0.1, -0.05) is 13.3 Å². The monoisotopic (exact) mass is 228 g/mol. The highest BCUT2D eigenvalue weighted by Crippen LogP contribution is 2.29. The number of nitrogens with two attached hydrogens (primary N) is 1. The van der Waals surface area contributed by atoms with Crippen LogP contribution in [0.1, 0.15) is 39.0 Å². The van der Waals surface area contributed by atoms with E-state index in [0.717, 1.165) is 38.2 Å². The molecular formula is C13H28N2O. The van der Waals surface area contributed by atoms with E-state index in [4.69, 9.17) is 10.5 Å². The molecule has 0 amide bonds. The second kappa shape index (κ2) is 8.04. The summed E-state index contributed by atoms with van der Waals surface area (Å²) < 4.78 is 5.17. The number of ether oxygens (including phenoxy) is 1. The van der Waals surface area contributed by atoms with Crippen LogP contribution in [0.25, 0.3) is 0 Å². The third-order valence-corrected chi connectivity index (χ3v) is 3.91. The molecule has 1 aliphatic rings. The Morgan fingerprint density at radius 3 is 2.38 bits per heavy atom. The second-order valence-electron chi connectivity index (χ2n) is 4.90. The van der Waals surface area contributed by atoms with Crippen molar-refractivity contribution in [2.24, 2.45) is 11.7 Å². The highest BCUT2D eigenvalue weighted by molar-refractivity contribution is 4.79. The molecule has 0 unspecified atom stereocenters. The Balaban J connectivity index is 2.33. The number of hydrogen-bond donors (Lipinski definition) is 1. The first kappa shape index (κ1) is 13.9. The molecule has 0 bridgehead atoms. The highest BCUT2D eigenvalue weighted by Gasteiger charge is 2.24. The molecule has 1 saturated carbocycles. The summed E-state index contributed by atoms with van der Waals surface area (Å²) in [5, 5.41) is 0. The van der Waals surface area contributed by atoms with E-state index in [-0.39, 0.29) is 0 Å². The summed E-state index contributed by atoms with van der Waals surface area (Å²) in [4.78, 5) is 2.52. The van der Waals surface area contributed by atoms with Crippen molar-refractivity contribution in [1.29, 1.82) is 0 Å². The SMILES string of the molecule is CCC1CCC(N(CCN)CCOC)CC1. The molecule has 1 aliphatic carbocycles. The molecule has 1 rings (SSSR count). The van der Waals surface area contributed by atoms with Crippen LogP contribution in [-0.2, 0) is 4.74 Å². The lowest BCUT2D eigenvalue weighted by molar-refractivity contribution is 0.0947. The zero-order valence-electron chi connectivity index (χ0n) is 11.0. The van der Waals surface area contributed by atoms with Gasteiger partial charge in [0.15, 0.2) is 0 Å². The van der Waals surface area contributed by atoms with Gasteiger partial charge >= 0.3 is 0 Å². The van der Waals surface area contributed by atoms with Gasteiger partial charge in [0.2, 0.25) is 0 Å². The van der Waals surface area contributed by atoms with Gasteiger partial charge in [-0.05, 0) is 31.6 Å². The lowest BCUT2D eigenvalue weighted by Gasteiger charge is -2.36. The summed E-state index contributed by atoms with van der Waals surface area (Å²) in [6, 6.07) is 0.751. The lowest BCUT2D eigenvalue weighted by Crippen LogP contribution is -2.42. The number of nitrogens with zero attached hydrogens (tertiary/aromatic N) is 1. The molecule has 1 fully saturated rings. The minimum absolute atomic E-state index is 0.751. The molecule has 16 heavy (non-hydrogen) atoms. The van der Waals surface area contributed by atoms with Crippen molar-refractivity contribution in [3.8, 4) is 0 Å². The molecule has 3 heteroatoms. The van der Waals surface area contributed by atoms with Gasteiger partial charge in [0, 0.05) is 32.8 Å². The third kappa shape index (κ3) is 4.40. The zero-order chi connectivity index (χ0) is 11.8. The first-order chi connectivity index (χ1) is 7.81. The Hall–Kier alpha value is -0.120. The molecule has 96 valence electrons. The van der Waals surface area contributed by atoms with Crippen LogP contribution < -0.4 is 5.73 Å². The van der Waals surface area contributed by atoms with Crippen molar-refractivity contribution in [1.82, 2.24) is 4.90 Å². The van der Waals surface area contributed by atoms with Crippen LogP contribution in [0.4, 0.5) is 0 Å². The van der Waals surface area contributed by atoms with Crippen LogP contribution in [0.3, 0.4) is 0 Å². The van der Waals surface area contributed by atoms with Gasteiger partial charge in [0.05, 0.1) is 6.61 Å². The average Bonchev–Trinajstić information content (AvgIpc) is 2.35. The standard InChI is InChI=1S/C13H28N2O/c1-3-12-4-6-13(7-5-12)15(9-8-14)10-11-16-2/h12-13H,3-11,14H2,1-2H3. The summed E-state index contributed by atoms with van der Waals surface area (Å²) in [6.07, 6.45) is 6.84. The van der Waals surface area contributed by atoms with E-state index >= 15 is 0 Å². The summed E-state index contributed by atoms with van der Waals surface area (Å²) >= 11 is 0. The fourth-order valence-corrected chi connectivity index (χ4v) is 2.77. The summed E-state index contributed by atoms with van der Waals surface area (Å²) in [5.74, 6) is 0.971. The zero-order valence-corrected chi connectivity index (χ0v) is 11.0. The topological polar surface area (TPSA) is 38.5 Å². The van der Waals surface area contributed by atoms with Crippen molar-refractivity contribution >= 4 is 0 Å². The Morgan fingerprint density at radius 2 is 1.88 bits per heavy atom. The van der Waals surface area contributed by atoms with E-state index < -0.39 is 0 Å². The van der Waals surface area contributed by atoms with Gasteiger partial charge in [-0.25, -0.2) is 0 Å². The van der Waals surface area contributed by atoms with Crippen molar-refractivity contribution in [3.05, 3.63) is 0 Å². The number of hydrogen-bond acceptors (Lipinski definition) is 3. The minimum Gasteiger partial charge on any atom is -0.383 e. The molecule has 0 spiro atoms. The average molecular weight is 228 g/mol. The van der Waals surface area contributed by atoms with Crippen LogP contribution in [-0.4, -0.2) is 44.3 Å². The lowest BCUT2D eigenvalue weighted by atomic mass is 9.84. The predicted molar refractivity (Wildman–Crippen MR) is 68.5 cm³/mol. The van der Waals surface area contributed by atoms with Gasteiger partial charge in [0.1, 0.15) is 0 Å². The molecule has 0 aliphatic heterocycles. The molecule has 0 saturated heterocycles. The van der Waals surface area contributed by atoms with Crippen LogP contribution in [0.15, 0.2) is 0 Å². The molecule has 0 radical (unpaired) electrons. The molecule has 3 nitrogen and oxygen atoms in total. The molecule has 0 aromatic rings. The van der Waals surface area contributed by atoms with E-state index in [1.807, 2.05) is 0 Å².